The maximum Gasteiger partial charge on any atom is 1.00 e. The molecule has 9 aromatic rings. The number of carbonyl (C=O) groups is 4. The van der Waals surface area contributed by atoms with Gasteiger partial charge in [-0.05, 0) is 143 Å². The van der Waals surface area contributed by atoms with Crippen molar-refractivity contribution in [2.75, 3.05) is 13.2 Å². The number of carboxylic acids is 1. The zero-order valence-corrected chi connectivity index (χ0v) is 65.6. The summed E-state index contributed by atoms with van der Waals surface area (Å²) in [7, 11) is 0. The minimum Gasteiger partial charge on any atom is -1.00 e. The SMILES string of the molecule is C.C.C.C.C.CCOC(=O)C(Br)c1cccc(C(F)(F)F)c1.CCOC(=O)C(Oc1ccc(Br)cc1-c1ccn(CC)n1)c1cccc(C(F)(F)F)c1.CCn1ccc(-c2cc(Br)ccc2O)n1.CCn1ccc(-c2cc(Br)ccc2OC(C(=O)O)c2cccc(C(F)(F)F)c2)n1.O=CO[O-].[H-].[K+].[K+]. The van der Waals surface area contributed by atoms with Gasteiger partial charge in [0.1, 0.15) is 22.1 Å². The Bertz CT molecular complexity index is 4060. The predicted molar refractivity (Wildman–Crippen MR) is 380 cm³/mol. The molecule has 3 unspecified atom stereocenters. The average Bonchev–Trinajstić information content (AvgIpc) is 1.33. The van der Waals surface area contributed by atoms with Crippen molar-refractivity contribution in [2.45, 2.75) is 127 Å². The van der Waals surface area contributed by atoms with E-state index >= 15 is 0 Å². The third-order valence-corrected chi connectivity index (χ3v) is 15.2. The fourth-order valence-corrected chi connectivity index (χ4v) is 9.83. The first-order valence-corrected chi connectivity index (χ1v) is 31.6. The Kier molecular flexibility index (Phi) is 48.3. The molecule has 0 aliphatic carbocycles. The van der Waals surface area contributed by atoms with Crippen LogP contribution in [0.5, 0.6) is 17.2 Å². The second kappa shape index (κ2) is 48.9. The molecule has 18 nitrogen and oxygen atoms in total. The van der Waals surface area contributed by atoms with Gasteiger partial charge in [0.15, 0.2) is 0 Å². The summed E-state index contributed by atoms with van der Waals surface area (Å²) in [5, 5.41) is 40.9. The molecule has 0 aliphatic heterocycles. The molecule has 0 saturated carbocycles. The van der Waals surface area contributed by atoms with Crippen molar-refractivity contribution in [3.63, 3.8) is 0 Å². The Morgan fingerprint density at radius 3 is 1.17 bits per heavy atom. The molecule has 2 N–H and O–H groups in total. The standard InChI is InChI=1S/C22H20BrF3N2O3.C20H16BrF3N2O3.C11H10BrF3O2.C11H11BrN2O.CH2O3.5CH4.2K.H/c1-3-28-11-10-18(27-28)17-13-16(23)8-9-19(17)31-20(21(29)30-4-2)14-6-5-7-15(12-14)22(24,25)26;1-2-26-9-8-16(25-26)15-11-14(21)6-7-17(15)29-18(19(27)28)12-4-3-5-13(10-12)20(22,23)24;1-2-17-10(16)9(12)7-4-3-5-8(6-7)11(13,14)15;1-2-14-6-5-10(13-14)9-7-8(12)3-4-11(9)15;2-1-4-3;;;;;;;;/h5-13,20H,3-4H2,1-2H3;3-11,18H,2H2,1H3,(H,27,28);3-6,9H,2H2,1H3;3-7,15H,2H2,1H3;1,3H;5*1H4;;;/q;;;;;;;;;;2*+1;-1/p-1. The van der Waals surface area contributed by atoms with Gasteiger partial charge in [-0.25, -0.2) is 9.59 Å². The van der Waals surface area contributed by atoms with Crippen LogP contribution in [0.15, 0.2) is 178 Å². The van der Waals surface area contributed by atoms with Crippen LogP contribution in [-0.2, 0) is 71.7 Å². The summed E-state index contributed by atoms with van der Waals surface area (Å²) in [5.41, 5.74) is 1.34. The Balaban J connectivity index is -0.000000635. The molecular weight excluding hydrogens is 1690 g/mol. The topological polar surface area (TPSA) is 231 Å². The zero-order valence-electron chi connectivity index (χ0n) is 54.0. The third kappa shape index (κ3) is 31.6. The van der Waals surface area contributed by atoms with Gasteiger partial charge in [-0.1, -0.05) is 143 Å². The van der Waals surface area contributed by atoms with E-state index in [9.17, 15) is 64.1 Å². The molecule has 6 aromatic carbocycles. The van der Waals surface area contributed by atoms with E-state index in [0.29, 0.717) is 41.4 Å². The van der Waals surface area contributed by atoms with Gasteiger partial charge in [0.2, 0.25) is 12.2 Å². The number of aliphatic carboxylic acids is 1. The first-order chi connectivity index (χ1) is 45.4. The van der Waals surface area contributed by atoms with Gasteiger partial charge in [0.05, 0.1) is 47.0 Å². The molecule has 0 saturated heterocycles. The van der Waals surface area contributed by atoms with Gasteiger partial charge in [0.25, 0.3) is 6.47 Å². The number of carbonyl (C=O) groups excluding carboxylic acids is 3. The van der Waals surface area contributed by atoms with Gasteiger partial charge < -0.3 is 40.7 Å². The molecule has 0 radical (unpaired) electrons. The minimum absolute atomic E-state index is 0. The summed E-state index contributed by atoms with van der Waals surface area (Å²) in [6.45, 7) is 11.3. The number of benzene rings is 6. The molecule has 33 heteroatoms. The maximum atomic E-state index is 13.2. The molecule has 3 aromatic heterocycles. The van der Waals surface area contributed by atoms with E-state index in [0.717, 1.165) is 73.7 Å². The largest absolute Gasteiger partial charge is 1.00 e. The third-order valence-electron chi connectivity index (χ3n) is 12.9. The van der Waals surface area contributed by atoms with E-state index in [1.807, 2.05) is 43.8 Å². The number of nitrogens with zero attached hydrogens (tertiary/aromatic N) is 6. The van der Waals surface area contributed by atoms with Gasteiger partial charge >= 0.3 is 139 Å². The molecular formula is C70H79Br4F9K2N6O12. The number of aromatic nitrogens is 6. The van der Waals surface area contributed by atoms with Crippen molar-refractivity contribution in [2.24, 2.45) is 0 Å². The van der Waals surface area contributed by atoms with E-state index in [1.54, 1.807) is 96.3 Å². The Hall–Kier alpha value is -5.25. The number of carboxylic acid groups (broad SMARTS) is 1. The van der Waals surface area contributed by atoms with E-state index in [1.165, 1.54) is 30.3 Å². The predicted octanol–water partition coefficient (Wildman–Crippen LogP) is 14.1. The van der Waals surface area contributed by atoms with Crippen LogP contribution in [0.3, 0.4) is 0 Å². The second-order valence-electron chi connectivity index (χ2n) is 19.4. The number of halogens is 13. The first kappa shape index (κ1) is 102. The molecule has 3 atom stereocenters. The molecule has 3 heterocycles. The van der Waals surface area contributed by atoms with Crippen LogP contribution in [0.2, 0.25) is 0 Å². The van der Waals surface area contributed by atoms with Gasteiger partial charge in [-0.2, -0.15) is 54.8 Å². The van der Waals surface area contributed by atoms with Gasteiger partial charge in [-0.15, -0.1) is 0 Å². The first-order valence-electron chi connectivity index (χ1n) is 28.4. The van der Waals surface area contributed by atoms with Crippen LogP contribution in [0.4, 0.5) is 39.5 Å². The monoisotopic (exact) mass is 1760 g/mol. The van der Waals surface area contributed by atoms with E-state index in [-0.39, 0.29) is 189 Å². The molecule has 554 valence electrons. The van der Waals surface area contributed by atoms with Crippen LogP contribution in [0.1, 0.15) is 124 Å². The average molecular weight is 1770 g/mol. The molecule has 0 aliphatic rings. The molecule has 0 amide bonds. The van der Waals surface area contributed by atoms with Crippen molar-refractivity contribution < 1.29 is 202 Å². The smallest absolute Gasteiger partial charge is 1.00 e. The van der Waals surface area contributed by atoms with E-state index in [2.05, 4.69) is 83.9 Å². The summed E-state index contributed by atoms with van der Waals surface area (Å²) in [6.07, 6.45) is -11.1. The van der Waals surface area contributed by atoms with Gasteiger partial charge in [-0.3, -0.25) is 23.6 Å². The molecule has 0 spiro atoms. The molecule has 9 rings (SSSR count). The quantitative estimate of drug-likeness (QED) is 0.0146. The molecule has 103 heavy (non-hydrogen) atoms. The Morgan fingerprint density at radius 2 is 0.825 bits per heavy atom. The van der Waals surface area contributed by atoms with Crippen molar-refractivity contribution in [3.8, 4) is 51.0 Å². The number of ether oxygens (including phenoxy) is 4. The number of rotatable bonds is 19. The zero-order chi connectivity index (χ0) is 71.1. The summed E-state index contributed by atoms with van der Waals surface area (Å²) in [6, 6.07) is 33.9. The van der Waals surface area contributed by atoms with Crippen molar-refractivity contribution in [1.29, 1.82) is 0 Å². The summed E-state index contributed by atoms with van der Waals surface area (Å²) in [5.74, 6) is -2.06. The van der Waals surface area contributed by atoms with Crippen LogP contribution < -0.4 is 118 Å². The van der Waals surface area contributed by atoms with Crippen LogP contribution in [0.25, 0.3) is 33.8 Å². The second-order valence-corrected chi connectivity index (χ2v) is 23.0. The number of aromatic hydroxyl groups is 1. The fourth-order valence-electron chi connectivity index (χ4n) is 8.33. The van der Waals surface area contributed by atoms with Crippen LogP contribution in [-0.4, -0.2) is 77.1 Å². The van der Waals surface area contributed by atoms with Crippen molar-refractivity contribution in [1.82, 2.24) is 29.3 Å². The van der Waals surface area contributed by atoms with Crippen LogP contribution in [0, 0.1) is 0 Å². The van der Waals surface area contributed by atoms with Crippen molar-refractivity contribution >= 4 is 88.1 Å². The van der Waals surface area contributed by atoms with E-state index in [4.69, 9.17) is 29.0 Å². The normalized spacial score (nSPS) is 11.2. The molecule has 0 fully saturated rings. The minimum atomic E-state index is -4.59. The number of hydrogen-bond donors (Lipinski definition) is 2. The number of hydrogen-bond acceptors (Lipinski definition) is 14. The fraction of sp³-hybridized carbons (Fsp3) is 0.300. The Labute approximate surface area is 713 Å². The molecule has 0 bridgehead atoms. The number of aryl methyl sites for hydroxylation is 3. The summed E-state index contributed by atoms with van der Waals surface area (Å²) in [4.78, 5) is 46.1. The summed E-state index contributed by atoms with van der Waals surface area (Å²) < 4.78 is 145. The number of esters is 2. The Morgan fingerprint density at radius 1 is 0.505 bits per heavy atom. The maximum absolute atomic E-state index is 13.2. The number of alkyl halides is 10. The summed E-state index contributed by atoms with van der Waals surface area (Å²) >= 11 is 13.1. The van der Waals surface area contributed by atoms with Crippen molar-refractivity contribution in [3.05, 3.63) is 211 Å². The number of phenolic OH excluding ortho intramolecular Hbond substituents is 1. The number of phenols is 1. The van der Waals surface area contributed by atoms with E-state index < -0.39 is 70.2 Å². The van der Waals surface area contributed by atoms with Gasteiger partial charge in [0, 0.05) is 79.5 Å². The van der Waals surface area contributed by atoms with Crippen LogP contribution >= 0.6 is 63.7 Å².